The zero-order valence-electron chi connectivity index (χ0n) is 12.9. The van der Waals surface area contributed by atoms with Crippen LogP contribution in [-0.2, 0) is 10.1 Å². The van der Waals surface area contributed by atoms with Crippen molar-refractivity contribution < 1.29 is 4.52 Å². The largest absolute Gasteiger partial charge is 0.323 e. The van der Waals surface area contributed by atoms with Crippen LogP contribution in [0.1, 0.15) is 43.7 Å². The van der Waals surface area contributed by atoms with Gasteiger partial charge in [0.05, 0.1) is 0 Å². The quantitative estimate of drug-likeness (QED) is 0.309. The molecule has 0 saturated carbocycles. The average molecular weight is 350 g/mol. The third kappa shape index (κ3) is 4.52. The van der Waals surface area contributed by atoms with Crippen molar-refractivity contribution in [1.82, 2.24) is 0 Å². The van der Waals surface area contributed by atoms with Crippen molar-refractivity contribution in [2.45, 2.75) is 38.2 Å². The Morgan fingerprint density at radius 2 is 1.36 bits per heavy atom. The predicted octanol–water partition coefficient (Wildman–Crippen LogP) is 6.61. The number of hydrogen-bond acceptors (Lipinski definition) is 3. The molecule has 0 N–H and O–H groups in total. The van der Waals surface area contributed by atoms with Gasteiger partial charge in [-0.3, -0.25) is 0 Å². The van der Waals surface area contributed by atoms with Crippen LogP contribution in [-0.4, -0.2) is 0 Å². The van der Waals surface area contributed by atoms with E-state index in [0.29, 0.717) is 0 Å². The Hall–Kier alpha value is -0.470. The van der Waals surface area contributed by atoms with E-state index >= 15 is 0 Å². The predicted molar refractivity (Wildman–Crippen MR) is 104 cm³/mol. The van der Waals surface area contributed by atoms with Crippen LogP contribution >= 0.6 is 31.0 Å². The normalized spacial score (nSPS) is 11.8. The molecule has 0 spiro atoms. The fourth-order valence-corrected chi connectivity index (χ4v) is 4.20. The van der Waals surface area contributed by atoms with E-state index in [9.17, 15) is 0 Å². The second-order valence-corrected chi connectivity index (χ2v) is 9.17. The van der Waals surface area contributed by atoms with E-state index in [4.69, 9.17) is 4.52 Å². The van der Waals surface area contributed by atoms with E-state index < -0.39 is 12.2 Å². The molecule has 2 aromatic rings. The summed E-state index contributed by atoms with van der Waals surface area (Å²) in [6, 6.07) is 20.9. The molecule has 0 radical (unpaired) electrons. The number of hydrogen-bond donors (Lipinski definition) is 2. The van der Waals surface area contributed by atoms with E-state index in [2.05, 4.69) is 80.0 Å². The molecule has 0 amide bonds. The summed E-state index contributed by atoms with van der Waals surface area (Å²) in [6.45, 7) is 1.15. The lowest BCUT2D eigenvalue weighted by molar-refractivity contribution is 0.122. The zero-order valence-corrected chi connectivity index (χ0v) is 15.5. The molecule has 0 aliphatic heterocycles. The number of benzene rings is 2. The molecule has 0 bridgehead atoms. The van der Waals surface area contributed by atoms with Crippen LogP contribution in [0.4, 0.5) is 0 Å². The first kappa shape index (κ1) is 17.9. The smallest absolute Gasteiger partial charge is 0.146 e. The van der Waals surface area contributed by atoms with Gasteiger partial charge in [-0.15, -0.1) is 24.5 Å². The van der Waals surface area contributed by atoms with Crippen molar-refractivity contribution in [3.05, 3.63) is 71.8 Å². The molecule has 2 rings (SSSR count). The van der Waals surface area contributed by atoms with E-state index in [-0.39, 0.29) is 0 Å². The molecule has 118 valence electrons. The molecular weight excluding hydrogens is 327 g/mol. The van der Waals surface area contributed by atoms with Gasteiger partial charge >= 0.3 is 0 Å². The molecule has 0 aliphatic carbocycles. The van der Waals surface area contributed by atoms with E-state index in [1.165, 1.54) is 24.0 Å². The lowest BCUT2D eigenvalue weighted by atomic mass is 9.82. The van der Waals surface area contributed by atoms with Gasteiger partial charge < -0.3 is 4.52 Å². The van der Waals surface area contributed by atoms with Crippen molar-refractivity contribution in [2.75, 3.05) is 0 Å². The van der Waals surface area contributed by atoms with Crippen LogP contribution in [0.15, 0.2) is 60.7 Å². The van der Waals surface area contributed by atoms with Gasteiger partial charge in [-0.1, -0.05) is 80.4 Å². The minimum Gasteiger partial charge on any atom is -0.323 e. The van der Waals surface area contributed by atoms with Gasteiger partial charge in [-0.2, -0.15) is 0 Å². The molecular formula is C18H23OPS2. The molecule has 0 saturated heterocycles. The van der Waals surface area contributed by atoms with E-state index in [1.807, 2.05) is 12.1 Å². The average Bonchev–Trinajstić information content (AvgIpc) is 2.55. The molecule has 0 unspecified atom stereocenters. The summed E-state index contributed by atoms with van der Waals surface area (Å²) < 4.78 is 6.35. The maximum Gasteiger partial charge on any atom is 0.146 e. The van der Waals surface area contributed by atoms with Gasteiger partial charge in [0.2, 0.25) is 0 Å². The first-order chi connectivity index (χ1) is 10.7. The van der Waals surface area contributed by atoms with Crippen LogP contribution < -0.4 is 0 Å². The molecule has 0 aliphatic rings. The summed E-state index contributed by atoms with van der Waals surface area (Å²) in [5, 5.41) is 0. The Labute approximate surface area is 145 Å². The van der Waals surface area contributed by atoms with Crippen LogP contribution in [0.2, 0.25) is 0 Å². The molecule has 4 heteroatoms. The standard InChI is InChI=1S/C18H23OPS2/c1-2-3-10-15-18(19-20(21)22,16-11-6-4-7-12-16)17-13-8-5-9-14-17/h4-9,11-14,21-22H,2-3,10,15H2,1H3. The van der Waals surface area contributed by atoms with Crippen molar-refractivity contribution in [3.63, 3.8) is 0 Å². The molecule has 0 fully saturated rings. The Balaban J connectivity index is 2.48. The first-order valence-corrected chi connectivity index (χ1v) is 11.2. The monoisotopic (exact) mass is 350 g/mol. The Morgan fingerprint density at radius 3 is 1.77 bits per heavy atom. The van der Waals surface area contributed by atoms with Crippen molar-refractivity contribution in [2.24, 2.45) is 0 Å². The third-order valence-corrected chi connectivity index (χ3v) is 4.81. The molecule has 0 atom stereocenters. The lowest BCUT2D eigenvalue weighted by Gasteiger charge is -2.36. The summed E-state index contributed by atoms with van der Waals surface area (Å²) in [7, 11) is 0. The Kier molecular flexibility index (Phi) is 7.30. The summed E-state index contributed by atoms with van der Waals surface area (Å²) >= 11 is 8.89. The number of unbranched alkanes of at least 4 members (excludes halogenated alkanes) is 2. The second-order valence-electron chi connectivity index (χ2n) is 5.36. The van der Waals surface area contributed by atoms with Gasteiger partial charge in [0.25, 0.3) is 0 Å². The van der Waals surface area contributed by atoms with Crippen LogP contribution in [0.25, 0.3) is 0 Å². The molecule has 1 nitrogen and oxygen atoms in total. The molecule has 2 aromatic carbocycles. The fraction of sp³-hybridized carbons (Fsp3) is 0.333. The highest BCUT2D eigenvalue weighted by molar-refractivity contribution is 8.76. The topological polar surface area (TPSA) is 9.23 Å². The maximum atomic E-state index is 6.35. The van der Waals surface area contributed by atoms with Crippen LogP contribution in [0.5, 0.6) is 0 Å². The first-order valence-electron chi connectivity index (χ1n) is 7.67. The van der Waals surface area contributed by atoms with Crippen molar-refractivity contribution in [3.8, 4) is 0 Å². The summed E-state index contributed by atoms with van der Waals surface area (Å²) in [5.74, 6) is 0. The fourth-order valence-electron chi connectivity index (χ4n) is 2.78. The third-order valence-electron chi connectivity index (χ3n) is 3.85. The van der Waals surface area contributed by atoms with Gasteiger partial charge in [-0.05, 0) is 24.0 Å². The van der Waals surface area contributed by atoms with Gasteiger partial charge in [0, 0.05) is 0 Å². The number of rotatable bonds is 8. The van der Waals surface area contributed by atoms with Crippen molar-refractivity contribution in [1.29, 1.82) is 0 Å². The highest BCUT2D eigenvalue weighted by atomic mass is 33.1. The van der Waals surface area contributed by atoms with E-state index in [0.717, 1.165) is 12.8 Å². The van der Waals surface area contributed by atoms with Crippen molar-refractivity contribution >= 4 is 31.0 Å². The highest BCUT2D eigenvalue weighted by Crippen LogP contribution is 2.56. The lowest BCUT2D eigenvalue weighted by Crippen LogP contribution is -2.29. The zero-order chi connectivity index (χ0) is 15.8. The summed E-state index contributed by atoms with van der Waals surface area (Å²) in [5.41, 5.74) is 1.88. The number of thiol groups is 2. The molecule has 0 heterocycles. The highest BCUT2D eigenvalue weighted by Gasteiger charge is 2.36. The minimum absolute atomic E-state index is 0.465. The second kappa shape index (κ2) is 8.98. The van der Waals surface area contributed by atoms with Gasteiger partial charge in [0.15, 0.2) is 0 Å². The van der Waals surface area contributed by atoms with Crippen LogP contribution in [0.3, 0.4) is 0 Å². The minimum atomic E-state index is -1.07. The maximum absolute atomic E-state index is 6.35. The summed E-state index contributed by atoms with van der Waals surface area (Å²) in [6.07, 6.45) is 4.44. The SMILES string of the molecule is CCCCCC(OP(S)S)(c1ccccc1)c1ccccc1. The Morgan fingerprint density at radius 1 is 0.864 bits per heavy atom. The van der Waals surface area contributed by atoms with E-state index in [1.54, 1.807) is 0 Å². The van der Waals surface area contributed by atoms with Gasteiger partial charge in [-0.25, -0.2) is 0 Å². The van der Waals surface area contributed by atoms with Gasteiger partial charge in [0.1, 0.15) is 12.2 Å². The molecule has 22 heavy (non-hydrogen) atoms. The molecule has 0 aromatic heterocycles. The van der Waals surface area contributed by atoms with Crippen LogP contribution in [0, 0.1) is 0 Å². The summed E-state index contributed by atoms with van der Waals surface area (Å²) in [4.78, 5) is 0. The Bertz CT molecular complexity index is 506.